The summed E-state index contributed by atoms with van der Waals surface area (Å²) in [6.07, 6.45) is 0.672. The Morgan fingerprint density at radius 2 is 2.00 bits per heavy atom. The molecule has 0 saturated heterocycles. The summed E-state index contributed by atoms with van der Waals surface area (Å²) < 4.78 is -0.847. The van der Waals surface area contributed by atoms with E-state index in [0.717, 1.165) is 16.6 Å². The predicted octanol–water partition coefficient (Wildman–Crippen LogP) is 3.82. The van der Waals surface area contributed by atoms with Gasteiger partial charge in [-0.05, 0) is 5.56 Å². The van der Waals surface area contributed by atoms with Gasteiger partial charge in [0.1, 0.15) is 0 Å². The van der Waals surface area contributed by atoms with E-state index < -0.39 is 4.33 Å². The third-order valence-electron chi connectivity index (χ3n) is 2.38. The molecule has 80 valence electrons. The number of halogens is 3. The van der Waals surface area contributed by atoms with E-state index in [9.17, 15) is 0 Å². The zero-order valence-electron chi connectivity index (χ0n) is 7.96. The molecule has 0 fully saturated rings. The molecule has 4 heteroatoms. The van der Waals surface area contributed by atoms with Gasteiger partial charge < -0.3 is 0 Å². The van der Waals surface area contributed by atoms with E-state index in [2.05, 4.69) is 20.9 Å². The summed E-state index contributed by atoms with van der Waals surface area (Å²) in [4.78, 5) is 4.54. The SMILES string of the molecule is ClC1(Cl)CC(CBr)N=C1c1ccccc1. The summed E-state index contributed by atoms with van der Waals surface area (Å²) in [5.74, 6) is 0. The maximum Gasteiger partial charge on any atom is 0.162 e. The number of nitrogens with zero attached hydrogens (tertiary/aromatic N) is 1. The smallest absolute Gasteiger partial charge is 0.162 e. The van der Waals surface area contributed by atoms with E-state index in [1.807, 2.05) is 30.3 Å². The van der Waals surface area contributed by atoms with Crippen LogP contribution in [0.3, 0.4) is 0 Å². The van der Waals surface area contributed by atoms with Crippen LogP contribution in [0.25, 0.3) is 0 Å². The molecular weight excluding hydrogens is 297 g/mol. The Balaban J connectivity index is 2.36. The number of alkyl halides is 3. The van der Waals surface area contributed by atoms with Gasteiger partial charge in [0.15, 0.2) is 4.33 Å². The third-order valence-corrected chi connectivity index (χ3v) is 3.79. The fourth-order valence-corrected chi connectivity index (χ4v) is 2.73. The number of rotatable bonds is 2. The monoisotopic (exact) mass is 305 g/mol. The van der Waals surface area contributed by atoms with Crippen LogP contribution < -0.4 is 0 Å². The Kier molecular flexibility index (Phi) is 3.39. The molecule has 1 aliphatic rings. The van der Waals surface area contributed by atoms with Crippen molar-refractivity contribution in [3.63, 3.8) is 0 Å². The van der Waals surface area contributed by atoms with Gasteiger partial charge in [0, 0.05) is 11.8 Å². The van der Waals surface area contributed by atoms with E-state index in [1.165, 1.54) is 0 Å². The highest BCUT2D eigenvalue weighted by Gasteiger charge is 2.40. The van der Waals surface area contributed by atoms with Gasteiger partial charge in [-0.25, -0.2) is 0 Å². The molecule has 0 spiro atoms. The molecule has 1 aliphatic heterocycles. The highest BCUT2D eigenvalue weighted by molar-refractivity contribution is 9.09. The summed E-state index contributed by atoms with van der Waals surface area (Å²) >= 11 is 15.9. The van der Waals surface area contributed by atoms with Crippen LogP contribution in [0.1, 0.15) is 12.0 Å². The fraction of sp³-hybridized carbons (Fsp3) is 0.364. The Hall–Kier alpha value is -0.0500. The molecule has 0 bridgehead atoms. The standard InChI is InChI=1S/C11H10BrCl2N/c12-7-9-6-11(13,14)10(15-9)8-4-2-1-3-5-8/h1-5,9H,6-7H2. The summed E-state index contributed by atoms with van der Waals surface area (Å²) in [6.45, 7) is 0. The van der Waals surface area contributed by atoms with Gasteiger partial charge in [0.05, 0.1) is 11.8 Å². The summed E-state index contributed by atoms with van der Waals surface area (Å²) in [6, 6.07) is 10.0. The van der Waals surface area contributed by atoms with Gasteiger partial charge in [-0.1, -0.05) is 69.5 Å². The largest absolute Gasteiger partial charge is 0.282 e. The normalized spacial score (nSPS) is 23.9. The van der Waals surface area contributed by atoms with Crippen molar-refractivity contribution in [3.8, 4) is 0 Å². The number of aliphatic imine (C=N–C) groups is 1. The lowest BCUT2D eigenvalue weighted by atomic mass is 10.1. The average Bonchev–Trinajstić information content (AvgIpc) is 2.55. The van der Waals surface area contributed by atoms with E-state index >= 15 is 0 Å². The molecule has 1 aromatic rings. The van der Waals surface area contributed by atoms with Crippen LogP contribution in [-0.2, 0) is 0 Å². The fourth-order valence-electron chi connectivity index (χ4n) is 1.69. The molecule has 1 unspecified atom stereocenters. The summed E-state index contributed by atoms with van der Waals surface area (Å²) in [5, 5.41) is 0.796. The molecule has 0 aromatic heterocycles. The van der Waals surface area contributed by atoms with Gasteiger partial charge in [-0.15, -0.1) is 0 Å². The number of hydrogen-bond donors (Lipinski definition) is 0. The molecule has 0 aliphatic carbocycles. The van der Waals surface area contributed by atoms with Crippen LogP contribution >= 0.6 is 39.1 Å². The van der Waals surface area contributed by atoms with E-state index in [1.54, 1.807) is 0 Å². The van der Waals surface area contributed by atoms with Crippen LogP contribution in [0.15, 0.2) is 35.3 Å². The molecule has 1 aromatic carbocycles. The van der Waals surface area contributed by atoms with Crippen LogP contribution in [0.2, 0.25) is 0 Å². The minimum Gasteiger partial charge on any atom is -0.282 e. The Morgan fingerprint density at radius 1 is 1.33 bits per heavy atom. The molecule has 2 rings (SSSR count). The molecule has 0 saturated carbocycles. The van der Waals surface area contributed by atoms with Crippen molar-refractivity contribution in [1.82, 2.24) is 0 Å². The average molecular weight is 307 g/mol. The van der Waals surface area contributed by atoms with Crippen molar-refractivity contribution in [1.29, 1.82) is 0 Å². The van der Waals surface area contributed by atoms with Gasteiger partial charge in [0.2, 0.25) is 0 Å². The molecule has 1 atom stereocenters. The zero-order valence-corrected chi connectivity index (χ0v) is 11.1. The van der Waals surface area contributed by atoms with Crippen molar-refractivity contribution < 1.29 is 0 Å². The first kappa shape index (κ1) is 11.4. The van der Waals surface area contributed by atoms with Gasteiger partial charge >= 0.3 is 0 Å². The second-order valence-corrected chi connectivity index (χ2v) is 5.69. The second kappa shape index (κ2) is 4.44. The van der Waals surface area contributed by atoms with Crippen molar-refractivity contribution in [2.45, 2.75) is 16.8 Å². The van der Waals surface area contributed by atoms with Crippen molar-refractivity contribution >= 4 is 44.8 Å². The Morgan fingerprint density at radius 3 is 2.53 bits per heavy atom. The molecule has 1 nitrogen and oxygen atoms in total. The van der Waals surface area contributed by atoms with Crippen LogP contribution in [0.5, 0.6) is 0 Å². The second-order valence-electron chi connectivity index (χ2n) is 3.56. The summed E-state index contributed by atoms with van der Waals surface area (Å²) in [7, 11) is 0. The van der Waals surface area contributed by atoms with Crippen molar-refractivity contribution in [2.24, 2.45) is 4.99 Å². The Labute approximate surface area is 108 Å². The lowest BCUT2D eigenvalue weighted by molar-refractivity contribution is 0.735. The highest BCUT2D eigenvalue weighted by Crippen LogP contribution is 2.38. The van der Waals surface area contributed by atoms with E-state index in [-0.39, 0.29) is 6.04 Å². The lowest BCUT2D eigenvalue weighted by Gasteiger charge is -2.15. The molecule has 0 radical (unpaired) electrons. The number of benzene rings is 1. The van der Waals surface area contributed by atoms with Crippen molar-refractivity contribution in [3.05, 3.63) is 35.9 Å². The van der Waals surface area contributed by atoms with Crippen LogP contribution in [0, 0.1) is 0 Å². The minimum absolute atomic E-state index is 0.176. The first-order valence-electron chi connectivity index (χ1n) is 4.71. The minimum atomic E-state index is -0.847. The molecule has 0 amide bonds. The first-order valence-corrected chi connectivity index (χ1v) is 6.59. The van der Waals surface area contributed by atoms with Gasteiger partial charge in [-0.3, -0.25) is 4.99 Å². The first-order chi connectivity index (χ1) is 7.13. The maximum atomic E-state index is 6.26. The highest BCUT2D eigenvalue weighted by atomic mass is 79.9. The zero-order chi connectivity index (χ0) is 10.9. The maximum absolute atomic E-state index is 6.26. The summed E-state index contributed by atoms with van der Waals surface area (Å²) in [5.41, 5.74) is 1.79. The molecular formula is C11H10BrCl2N. The van der Waals surface area contributed by atoms with E-state index in [4.69, 9.17) is 23.2 Å². The topological polar surface area (TPSA) is 12.4 Å². The van der Waals surface area contributed by atoms with Crippen molar-refractivity contribution in [2.75, 3.05) is 5.33 Å². The molecule has 1 heterocycles. The van der Waals surface area contributed by atoms with Gasteiger partial charge in [0.25, 0.3) is 0 Å². The lowest BCUT2D eigenvalue weighted by Crippen LogP contribution is -2.23. The van der Waals surface area contributed by atoms with Crippen LogP contribution in [0.4, 0.5) is 0 Å². The Bertz CT molecular complexity index is 375. The van der Waals surface area contributed by atoms with E-state index in [0.29, 0.717) is 6.42 Å². The number of hydrogen-bond acceptors (Lipinski definition) is 1. The molecule has 0 N–H and O–H groups in total. The third kappa shape index (κ3) is 2.38. The quantitative estimate of drug-likeness (QED) is 0.737. The molecule has 15 heavy (non-hydrogen) atoms. The van der Waals surface area contributed by atoms with Crippen LogP contribution in [-0.4, -0.2) is 21.4 Å². The predicted molar refractivity (Wildman–Crippen MR) is 69.6 cm³/mol. The van der Waals surface area contributed by atoms with Gasteiger partial charge in [-0.2, -0.15) is 0 Å².